The van der Waals surface area contributed by atoms with Gasteiger partial charge in [-0.3, -0.25) is 0 Å². The van der Waals surface area contributed by atoms with Crippen molar-refractivity contribution in [3.63, 3.8) is 0 Å². The Morgan fingerprint density at radius 3 is 2.50 bits per heavy atom. The number of hydrogen-bond acceptors (Lipinski definition) is 4. The highest BCUT2D eigenvalue weighted by Gasteiger charge is 2.07. The quantitative estimate of drug-likeness (QED) is 0.754. The number of phenols is 1. The lowest BCUT2D eigenvalue weighted by Crippen LogP contribution is -2.23. The van der Waals surface area contributed by atoms with Crippen LogP contribution in [0.3, 0.4) is 0 Å². The Bertz CT molecular complexity index is 394. The van der Waals surface area contributed by atoms with Gasteiger partial charge in [-0.1, -0.05) is 13.0 Å². The summed E-state index contributed by atoms with van der Waals surface area (Å²) < 4.78 is 5.51. The van der Waals surface area contributed by atoms with E-state index in [1.807, 2.05) is 12.1 Å². The van der Waals surface area contributed by atoms with Crippen LogP contribution in [0.25, 0.3) is 0 Å². The van der Waals surface area contributed by atoms with E-state index in [0.717, 1.165) is 43.8 Å². The van der Waals surface area contributed by atoms with E-state index in [4.69, 9.17) is 4.74 Å². The van der Waals surface area contributed by atoms with Crippen molar-refractivity contribution in [2.45, 2.75) is 26.3 Å². The fourth-order valence-electron chi connectivity index (χ4n) is 2.01. The summed E-state index contributed by atoms with van der Waals surface area (Å²) in [5.74, 6) is 1.06. The van der Waals surface area contributed by atoms with Crippen molar-refractivity contribution in [3.8, 4) is 11.5 Å². The van der Waals surface area contributed by atoms with Crippen molar-refractivity contribution in [3.05, 3.63) is 23.8 Å². The maximum Gasteiger partial charge on any atom is 0.123 e. The number of ether oxygens (including phenoxy) is 1. The zero-order valence-electron chi connectivity index (χ0n) is 13.2. The molecule has 0 amide bonds. The second-order valence-corrected chi connectivity index (χ2v) is 5.53. The summed E-state index contributed by atoms with van der Waals surface area (Å²) in [5.41, 5.74) is 0.946. The van der Waals surface area contributed by atoms with Gasteiger partial charge in [-0.2, -0.15) is 0 Å². The van der Waals surface area contributed by atoms with E-state index >= 15 is 0 Å². The van der Waals surface area contributed by atoms with Crippen LogP contribution >= 0.6 is 0 Å². The highest BCUT2D eigenvalue weighted by atomic mass is 16.5. The average molecular weight is 280 g/mol. The van der Waals surface area contributed by atoms with Gasteiger partial charge in [0.15, 0.2) is 0 Å². The Morgan fingerprint density at radius 1 is 1.15 bits per heavy atom. The van der Waals surface area contributed by atoms with E-state index in [9.17, 15) is 5.11 Å². The predicted octanol–water partition coefficient (Wildman–Crippen LogP) is 2.56. The number of phenolic OH excluding ortho intramolecular Hbond substituents is 1. The van der Waals surface area contributed by atoms with Crippen molar-refractivity contribution in [1.29, 1.82) is 0 Å². The van der Waals surface area contributed by atoms with E-state index in [1.165, 1.54) is 0 Å². The van der Waals surface area contributed by atoms with Crippen molar-refractivity contribution < 1.29 is 9.84 Å². The van der Waals surface area contributed by atoms with E-state index < -0.39 is 0 Å². The maximum absolute atomic E-state index is 10.0. The van der Waals surface area contributed by atoms with Crippen LogP contribution in [-0.2, 0) is 6.54 Å². The van der Waals surface area contributed by atoms with Gasteiger partial charge in [-0.05, 0) is 53.1 Å². The SMILES string of the molecule is CCCOc1ccc(CN(C)CCCN(C)C)c(O)c1. The highest BCUT2D eigenvalue weighted by molar-refractivity contribution is 5.39. The summed E-state index contributed by atoms with van der Waals surface area (Å²) in [6, 6.07) is 5.58. The van der Waals surface area contributed by atoms with E-state index in [-0.39, 0.29) is 0 Å². The van der Waals surface area contributed by atoms with E-state index in [2.05, 4.69) is 37.9 Å². The molecule has 0 spiro atoms. The predicted molar refractivity (Wildman–Crippen MR) is 83.4 cm³/mol. The summed E-state index contributed by atoms with van der Waals surface area (Å²) in [5, 5.41) is 10.0. The number of hydrogen-bond donors (Lipinski definition) is 1. The third kappa shape index (κ3) is 6.26. The molecule has 4 heteroatoms. The lowest BCUT2D eigenvalue weighted by atomic mass is 10.1. The van der Waals surface area contributed by atoms with Gasteiger partial charge in [-0.25, -0.2) is 0 Å². The molecule has 0 fully saturated rings. The summed E-state index contributed by atoms with van der Waals surface area (Å²) in [4.78, 5) is 4.41. The molecule has 0 aromatic heterocycles. The Balaban J connectivity index is 2.46. The smallest absolute Gasteiger partial charge is 0.123 e. The molecular formula is C16H28N2O2. The minimum absolute atomic E-state index is 0.318. The third-order valence-electron chi connectivity index (χ3n) is 3.12. The van der Waals surface area contributed by atoms with Gasteiger partial charge >= 0.3 is 0 Å². The van der Waals surface area contributed by atoms with E-state index in [0.29, 0.717) is 12.4 Å². The molecule has 1 aromatic rings. The molecule has 1 N–H and O–H groups in total. The molecule has 4 nitrogen and oxygen atoms in total. The molecule has 114 valence electrons. The van der Waals surface area contributed by atoms with Crippen LogP contribution in [0.2, 0.25) is 0 Å². The molecule has 0 aliphatic heterocycles. The Labute approximate surface area is 123 Å². The minimum Gasteiger partial charge on any atom is -0.507 e. The standard InChI is InChI=1S/C16H28N2O2/c1-5-11-20-15-8-7-14(16(19)12-15)13-18(4)10-6-9-17(2)3/h7-8,12,19H,5-6,9-11,13H2,1-4H3. The third-order valence-corrected chi connectivity index (χ3v) is 3.12. The van der Waals surface area contributed by atoms with Crippen LogP contribution in [0.1, 0.15) is 25.3 Å². The van der Waals surface area contributed by atoms with Gasteiger partial charge < -0.3 is 19.6 Å². The monoisotopic (exact) mass is 280 g/mol. The van der Waals surface area contributed by atoms with Crippen molar-refractivity contribution >= 4 is 0 Å². The molecular weight excluding hydrogens is 252 g/mol. The van der Waals surface area contributed by atoms with Gasteiger partial charge in [0, 0.05) is 18.2 Å². The molecule has 0 saturated carbocycles. The van der Waals surface area contributed by atoms with Crippen LogP contribution < -0.4 is 4.74 Å². The topological polar surface area (TPSA) is 35.9 Å². The van der Waals surface area contributed by atoms with Crippen LogP contribution in [0, 0.1) is 0 Å². The largest absolute Gasteiger partial charge is 0.507 e. The molecule has 0 aliphatic carbocycles. The number of benzene rings is 1. The fraction of sp³-hybridized carbons (Fsp3) is 0.625. The van der Waals surface area contributed by atoms with Crippen molar-refractivity contribution in [1.82, 2.24) is 9.80 Å². The first-order chi connectivity index (χ1) is 9.52. The van der Waals surface area contributed by atoms with Crippen LogP contribution in [0.5, 0.6) is 11.5 Å². The molecule has 0 heterocycles. The highest BCUT2D eigenvalue weighted by Crippen LogP contribution is 2.24. The van der Waals surface area contributed by atoms with Crippen LogP contribution in [-0.4, -0.2) is 55.7 Å². The van der Waals surface area contributed by atoms with Gasteiger partial charge in [-0.15, -0.1) is 0 Å². The molecule has 0 saturated heterocycles. The molecule has 0 bridgehead atoms. The fourth-order valence-corrected chi connectivity index (χ4v) is 2.01. The van der Waals surface area contributed by atoms with Gasteiger partial charge in [0.25, 0.3) is 0 Å². The lowest BCUT2D eigenvalue weighted by molar-refractivity contribution is 0.289. The molecule has 0 aliphatic rings. The molecule has 0 radical (unpaired) electrons. The molecule has 1 aromatic carbocycles. The lowest BCUT2D eigenvalue weighted by Gasteiger charge is -2.19. The molecule has 1 rings (SSSR count). The normalized spacial score (nSPS) is 11.3. The van der Waals surface area contributed by atoms with E-state index in [1.54, 1.807) is 6.07 Å². The zero-order chi connectivity index (χ0) is 15.0. The Hall–Kier alpha value is -1.26. The first-order valence-corrected chi connectivity index (χ1v) is 7.31. The number of rotatable bonds is 9. The summed E-state index contributed by atoms with van der Waals surface area (Å²) in [6.45, 7) is 5.61. The van der Waals surface area contributed by atoms with Gasteiger partial charge in [0.1, 0.15) is 11.5 Å². The molecule has 0 atom stereocenters. The van der Waals surface area contributed by atoms with Crippen LogP contribution in [0.15, 0.2) is 18.2 Å². The number of aromatic hydroxyl groups is 1. The van der Waals surface area contributed by atoms with Crippen molar-refractivity contribution in [2.24, 2.45) is 0 Å². The maximum atomic E-state index is 10.0. The van der Waals surface area contributed by atoms with Crippen LogP contribution in [0.4, 0.5) is 0 Å². The second-order valence-electron chi connectivity index (χ2n) is 5.53. The zero-order valence-corrected chi connectivity index (χ0v) is 13.2. The summed E-state index contributed by atoms with van der Waals surface area (Å²) >= 11 is 0. The first-order valence-electron chi connectivity index (χ1n) is 7.31. The average Bonchev–Trinajstić information content (AvgIpc) is 2.38. The minimum atomic E-state index is 0.318. The Morgan fingerprint density at radius 2 is 1.90 bits per heavy atom. The summed E-state index contributed by atoms with van der Waals surface area (Å²) in [7, 11) is 6.25. The second kappa shape index (κ2) is 8.82. The summed E-state index contributed by atoms with van der Waals surface area (Å²) in [6.07, 6.45) is 2.10. The Kier molecular flexibility index (Phi) is 7.41. The van der Waals surface area contributed by atoms with Gasteiger partial charge in [0.2, 0.25) is 0 Å². The number of nitrogens with zero attached hydrogens (tertiary/aromatic N) is 2. The molecule has 0 unspecified atom stereocenters. The molecule has 20 heavy (non-hydrogen) atoms. The van der Waals surface area contributed by atoms with Crippen molar-refractivity contribution in [2.75, 3.05) is 40.8 Å². The first kappa shape index (κ1) is 16.8. The van der Waals surface area contributed by atoms with Gasteiger partial charge in [0.05, 0.1) is 6.61 Å².